The monoisotopic (exact) mass is 232 g/mol. The van der Waals surface area contributed by atoms with Crippen LogP contribution in [0.15, 0.2) is 24.3 Å². The second-order valence-electron chi connectivity index (χ2n) is 4.99. The quantitative estimate of drug-likeness (QED) is 0.745. The average molecular weight is 232 g/mol. The molecule has 0 amide bonds. The average Bonchev–Trinajstić information content (AvgIpc) is 2.29. The molecule has 1 aromatic carbocycles. The molecular weight excluding hydrogens is 212 g/mol. The molecule has 2 heteroatoms. The number of carbonyl (C=O) groups is 1. The molecule has 1 aliphatic heterocycles. The van der Waals surface area contributed by atoms with Gasteiger partial charge in [0.1, 0.15) is 0 Å². The summed E-state index contributed by atoms with van der Waals surface area (Å²) in [5.41, 5.74) is 1.99. The lowest BCUT2D eigenvalue weighted by atomic mass is 9.98. The summed E-state index contributed by atoms with van der Waals surface area (Å²) >= 11 is 0. The van der Waals surface area contributed by atoms with Gasteiger partial charge in [-0.3, -0.25) is 4.79 Å². The molecule has 1 aromatic rings. The van der Waals surface area contributed by atoms with Gasteiger partial charge in [0, 0.05) is 12.0 Å². The highest BCUT2D eigenvalue weighted by atomic mass is 16.5. The third kappa shape index (κ3) is 3.40. The summed E-state index contributed by atoms with van der Waals surface area (Å²) in [6.07, 6.45) is 4.25. The first-order chi connectivity index (χ1) is 8.15. The Kier molecular flexibility index (Phi) is 3.95. The number of Topliss-reactive ketones (excluding diaryl/α,β-unsaturated/α-hetero) is 1. The van der Waals surface area contributed by atoms with Crippen molar-refractivity contribution < 1.29 is 9.53 Å². The zero-order valence-electron chi connectivity index (χ0n) is 10.6. The summed E-state index contributed by atoms with van der Waals surface area (Å²) in [5, 5.41) is 0. The van der Waals surface area contributed by atoms with Gasteiger partial charge < -0.3 is 4.74 Å². The van der Waals surface area contributed by atoms with Crippen molar-refractivity contribution in [2.75, 3.05) is 0 Å². The van der Waals surface area contributed by atoms with E-state index in [0.717, 1.165) is 18.4 Å². The fourth-order valence-electron chi connectivity index (χ4n) is 2.31. The Morgan fingerprint density at radius 1 is 1.29 bits per heavy atom. The van der Waals surface area contributed by atoms with E-state index in [0.29, 0.717) is 12.5 Å². The summed E-state index contributed by atoms with van der Waals surface area (Å²) in [4.78, 5) is 12.1. The Balaban J connectivity index is 1.94. The van der Waals surface area contributed by atoms with Crippen LogP contribution in [0.2, 0.25) is 0 Å². The number of ether oxygens (including phenoxy) is 1. The van der Waals surface area contributed by atoms with Gasteiger partial charge in [-0.1, -0.05) is 29.8 Å². The molecule has 0 bridgehead atoms. The number of ketones is 1. The second-order valence-corrected chi connectivity index (χ2v) is 4.99. The molecule has 0 radical (unpaired) electrons. The van der Waals surface area contributed by atoms with Crippen LogP contribution in [-0.2, 0) is 4.74 Å². The number of aryl methyl sites for hydroxylation is 1. The van der Waals surface area contributed by atoms with Crippen molar-refractivity contribution in [1.82, 2.24) is 0 Å². The van der Waals surface area contributed by atoms with Crippen LogP contribution in [0.1, 0.15) is 48.5 Å². The smallest absolute Gasteiger partial charge is 0.165 e. The lowest BCUT2D eigenvalue weighted by Gasteiger charge is -2.27. The third-order valence-corrected chi connectivity index (χ3v) is 3.35. The largest absolute Gasteiger partial charge is 0.375 e. The van der Waals surface area contributed by atoms with E-state index in [4.69, 9.17) is 4.74 Å². The standard InChI is InChI=1S/C15H20O2/c1-11-6-8-13(9-7-11)15(16)10-14-5-3-4-12(2)17-14/h6-9,12,14H,3-5,10H2,1-2H3/t12-,14+/m1/s1. The van der Waals surface area contributed by atoms with Gasteiger partial charge in [0.25, 0.3) is 0 Å². The van der Waals surface area contributed by atoms with E-state index in [1.165, 1.54) is 12.0 Å². The van der Waals surface area contributed by atoms with Crippen molar-refractivity contribution >= 4 is 5.78 Å². The lowest BCUT2D eigenvalue weighted by molar-refractivity contribution is -0.0393. The van der Waals surface area contributed by atoms with E-state index in [1.807, 2.05) is 31.2 Å². The van der Waals surface area contributed by atoms with Crippen LogP contribution in [0, 0.1) is 6.92 Å². The highest BCUT2D eigenvalue weighted by Gasteiger charge is 2.22. The van der Waals surface area contributed by atoms with Crippen molar-refractivity contribution in [1.29, 1.82) is 0 Å². The normalized spacial score (nSPS) is 24.6. The molecule has 0 unspecified atom stereocenters. The first kappa shape index (κ1) is 12.3. The van der Waals surface area contributed by atoms with Gasteiger partial charge in [0.15, 0.2) is 5.78 Å². The Labute approximate surface area is 103 Å². The minimum absolute atomic E-state index is 0.118. The highest BCUT2D eigenvalue weighted by molar-refractivity contribution is 5.96. The van der Waals surface area contributed by atoms with Gasteiger partial charge in [0.2, 0.25) is 0 Å². The van der Waals surface area contributed by atoms with Crippen LogP contribution >= 0.6 is 0 Å². The molecule has 92 valence electrons. The molecule has 1 fully saturated rings. The van der Waals surface area contributed by atoms with Crippen molar-refractivity contribution in [3.63, 3.8) is 0 Å². The minimum Gasteiger partial charge on any atom is -0.375 e. The van der Waals surface area contributed by atoms with Crippen LogP contribution in [0.25, 0.3) is 0 Å². The first-order valence-electron chi connectivity index (χ1n) is 6.40. The van der Waals surface area contributed by atoms with Gasteiger partial charge in [-0.25, -0.2) is 0 Å². The van der Waals surface area contributed by atoms with Crippen LogP contribution in [-0.4, -0.2) is 18.0 Å². The molecule has 17 heavy (non-hydrogen) atoms. The fourth-order valence-corrected chi connectivity index (χ4v) is 2.31. The maximum atomic E-state index is 12.1. The number of hydrogen-bond acceptors (Lipinski definition) is 2. The van der Waals surface area contributed by atoms with Crippen LogP contribution in [0.3, 0.4) is 0 Å². The SMILES string of the molecule is Cc1ccc(C(=O)C[C@@H]2CCC[C@@H](C)O2)cc1. The highest BCUT2D eigenvalue weighted by Crippen LogP contribution is 2.22. The van der Waals surface area contributed by atoms with Crippen molar-refractivity contribution in [3.05, 3.63) is 35.4 Å². The number of carbonyl (C=O) groups excluding carboxylic acids is 1. The Hall–Kier alpha value is -1.15. The van der Waals surface area contributed by atoms with E-state index >= 15 is 0 Å². The molecule has 1 aliphatic rings. The predicted octanol–water partition coefficient (Wildman–Crippen LogP) is 3.53. The zero-order valence-corrected chi connectivity index (χ0v) is 10.6. The van der Waals surface area contributed by atoms with Crippen molar-refractivity contribution in [3.8, 4) is 0 Å². The lowest BCUT2D eigenvalue weighted by Crippen LogP contribution is -2.27. The van der Waals surface area contributed by atoms with Crippen molar-refractivity contribution in [2.45, 2.75) is 51.7 Å². The van der Waals surface area contributed by atoms with E-state index in [1.54, 1.807) is 0 Å². The summed E-state index contributed by atoms with van der Waals surface area (Å²) in [6.45, 7) is 4.11. The summed E-state index contributed by atoms with van der Waals surface area (Å²) < 4.78 is 5.78. The summed E-state index contributed by atoms with van der Waals surface area (Å²) in [6, 6.07) is 7.78. The predicted molar refractivity (Wildman–Crippen MR) is 68.3 cm³/mol. The second kappa shape index (κ2) is 5.46. The topological polar surface area (TPSA) is 26.3 Å². The maximum absolute atomic E-state index is 12.1. The molecule has 0 saturated carbocycles. The molecular formula is C15H20O2. The van der Waals surface area contributed by atoms with Gasteiger partial charge in [-0.05, 0) is 33.1 Å². The molecule has 1 heterocycles. The molecule has 0 aromatic heterocycles. The van der Waals surface area contributed by atoms with Crippen LogP contribution < -0.4 is 0 Å². The molecule has 2 nitrogen and oxygen atoms in total. The number of benzene rings is 1. The van der Waals surface area contributed by atoms with Gasteiger partial charge in [-0.15, -0.1) is 0 Å². The summed E-state index contributed by atoms with van der Waals surface area (Å²) in [5.74, 6) is 0.198. The third-order valence-electron chi connectivity index (χ3n) is 3.35. The van der Waals surface area contributed by atoms with Crippen molar-refractivity contribution in [2.24, 2.45) is 0 Å². The summed E-state index contributed by atoms with van der Waals surface area (Å²) in [7, 11) is 0. The number of rotatable bonds is 3. The first-order valence-corrected chi connectivity index (χ1v) is 6.40. The van der Waals surface area contributed by atoms with Gasteiger partial charge >= 0.3 is 0 Å². The van der Waals surface area contributed by atoms with Crippen LogP contribution in [0.5, 0.6) is 0 Å². The maximum Gasteiger partial charge on any atom is 0.165 e. The number of hydrogen-bond donors (Lipinski definition) is 0. The van der Waals surface area contributed by atoms with E-state index in [-0.39, 0.29) is 11.9 Å². The Morgan fingerprint density at radius 3 is 2.65 bits per heavy atom. The van der Waals surface area contributed by atoms with Gasteiger partial charge in [0.05, 0.1) is 12.2 Å². The zero-order chi connectivity index (χ0) is 12.3. The molecule has 1 saturated heterocycles. The molecule has 2 rings (SSSR count). The Morgan fingerprint density at radius 2 is 2.00 bits per heavy atom. The van der Waals surface area contributed by atoms with E-state index in [9.17, 15) is 4.79 Å². The Bertz CT molecular complexity index is 380. The fraction of sp³-hybridized carbons (Fsp3) is 0.533. The van der Waals surface area contributed by atoms with E-state index in [2.05, 4.69) is 6.92 Å². The molecule has 0 aliphatic carbocycles. The van der Waals surface area contributed by atoms with Gasteiger partial charge in [-0.2, -0.15) is 0 Å². The minimum atomic E-state index is 0.118. The van der Waals surface area contributed by atoms with Crippen LogP contribution in [0.4, 0.5) is 0 Å². The molecule has 0 spiro atoms. The molecule has 2 atom stereocenters. The van der Waals surface area contributed by atoms with E-state index < -0.39 is 0 Å². The molecule has 0 N–H and O–H groups in total.